The predicted octanol–water partition coefficient (Wildman–Crippen LogP) is 4.78. The van der Waals surface area contributed by atoms with Crippen molar-refractivity contribution in [1.82, 2.24) is 14.9 Å². The molecule has 1 fully saturated rings. The monoisotopic (exact) mass is 467 g/mol. The van der Waals surface area contributed by atoms with Crippen LogP contribution >= 0.6 is 11.3 Å². The van der Waals surface area contributed by atoms with E-state index in [1.54, 1.807) is 23.4 Å². The number of amides is 3. The minimum absolute atomic E-state index is 0.0473. The lowest BCUT2D eigenvalue weighted by atomic mass is 9.88. The van der Waals surface area contributed by atoms with E-state index < -0.39 is 0 Å². The summed E-state index contributed by atoms with van der Waals surface area (Å²) in [6, 6.07) is 6.98. The van der Waals surface area contributed by atoms with Crippen molar-refractivity contribution in [3.8, 4) is 0 Å². The number of nitrogens with zero attached hydrogens (tertiary/aromatic N) is 3. The van der Waals surface area contributed by atoms with Gasteiger partial charge in [-0.25, -0.2) is 14.3 Å². The second kappa shape index (κ2) is 9.74. The standard InChI is InChI=1S/C24H29N5O3S/c1-4-25-24(32)29-20-13-18(28(3)23(31)16-8-6-5-7-9-16)11-10-17(20)12-21(29)27-22(30)19-14-33-15(2)26-19/h10-14,16H,4-9H2,1-3H3,(H,25,32)(H,27,30). The first-order valence-corrected chi connectivity index (χ1v) is 12.2. The van der Waals surface area contributed by atoms with E-state index in [0.29, 0.717) is 23.6 Å². The number of benzene rings is 1. The van der Waals surface area contributed by atoms with Crippen molar-refractivity contribution in [3.63, 3.8) is 0 Å². The summed E-state index contributed by atoms with van der Waals surface area (Å²) in [5, 5.41) is 8.88. The van der Waals surface area contributed by atoms with Crippen molar-refractivity contribution in [2.45, 2.75) is 46.0 Å². The highest BCUT2D eigenvalue weighted by Crippen LogP contribution is 2.31. The molecule has 4 rings (SSSR count). The van der Waals surface area contributed by atoms with Gasteiger partial charge in [-0.15, -0.1) is 11.3 Å². The molecule has 0 spiro atoms. The molecule has 2 heterocycles. The van der Waals surface area contributed by atoms with Crippen molar-refractivity contribution in [3.05, 3.63) is 40.3 Å². The first-order valence-electron chi connectivity index (χ1n) is 11.3. The van der Waals surface area contributed by atoms with Crippen molar-refractivity contribution in [2.75, 3.05) is 23.8 Å². The highest BCUT2D eigenvalue weighted by atomic mass is 32.1. The van der Waals surface area contributed by atoms with Crippen LogP contribution in [0.1, 0.15) is 54.5 Å². The van der Waals surface area contributed by atoms with Gasteiger partial charge in [-0.1, -0.05) is 25.3 Å². The second-order valence-electron chi connectivity index (χ2n) is 8.38. The molecule has 0 atom stereocenters. The molecule has 3 aromatic rings. The molecule has 33 heavy (non-hydrogen) atoms. The lowest BCUT2D eigenvalue weighted by Crippen LogP contribution is -2.34. The zero-order valence-corrected chi connectivity index (χ0v) is 20.0. The average molecular weight is 468 g/mol. The summed E-state index contributed by atoms with van der Waals surface area (Å²) in [5.41, 5.74) is 1.64. The van der Waals surface area contributed by atoms with Crippen LogP contribution in [0.3, 0.4) is 0 Å². The topological polar surface area (TPSA) is 96.3 Å². The summed E-state index contributed by atoms with van der Waals surface area (Å²) in [4.78, 5) is 44.6. The Morgan fingerprint density at radius 3 is 2.61 bits per heavy atom. The van der Waals surface area contributed by atoms with Crippen molar-refractivity contribution < 1.29 is 14.4 Å². The molecule has 0 aliphatic heterocycles. The van der Waals surface area contributed by atoms with E-state index in [9.17, 15) is 14.4 Å². The Labute approximate surface area is 197 Å². The summed E-state index contributed by atoms with van der Waals surface area (Å²) in [5.74, 6) is 0.131. The molecule has 1 aliphatic carbocycles. The maximum atomic E-state index is 13.0. The summed E-state index contributed by atoms with van der Waals surface area (Å²) in [6.07, 6.45) is 5.21. The van der Waals surface area contributed by atoms with Gasteiger partial charge in [0.25, 0.3) is 5.91 Å². The molecule has 2 aromatic heterocycles. The number of hydrogen-bond donors (Lipinski definition) is 2. The number of nitrogens with one attached hydrogen (secondary N) is 2. The van der Waals surface area contributed by atoms with Gasteiger partial charge in [0.2, 0.25) is 5.91 Å². The number of fused-ring (bicyclic) bond motifs is 1. The number of rotatable bonds is 5. The molecule has 3 amide bonds. The van der Waals surface area contributed by atoms with Gasteiger partial charge in [0.15, 0.2) is 0 Å². The fourth-order valence-electron chi connectivity index (χ4n) is 4.34. The number of carbonyl (C=O) groups excluding carboxylic acids is 3. The van der Waals surface area contributed by atoms with E-state index in [-0.39, 0.29) is 23.8 Å². The van der Waals surface area contributed by atoms with Gasteiger partial charge in [-0.2, -0.15) is 0 Å². The highest BCUT2D eigenvalue weighted by Gasteiger charge is 2.26. The van der Waals surface area contributed by atoms with Crippen LogP contribution in [0.25, 0.3) is 10.9 Å². The fourth-order valence-corrected chi connectivity index (χ4v) is 4.93. The van der Waals surface area contributed by atoms with E-state index in [1.807, 2.05) is 32.0 Å². The molecular weight excluding hydrogens is 438 g/mol. The summed E-state index contributed by atoms with van der Waals surface area (Å²) >= 11 is 1.39. The van der Waals surface area contributed by atoms with Gasteiger partial charge >= 0.3 is 6.03 Å². The van der Waals surface area contributed by atoms with E-state index in [4.69, 9.17) is 0 Å². The van der Waals surface area contributed by atoms with Crippen LogP contribution in [-0.2, 0) is 4.79 Å². The van der Waals surface area contributed by atoms with Gasteiger partial charge < -0.3 is 15.5 Å². The molecular formula is C24H29N5O3S. The van der Waals surface area contributed by atoms with Crippen molar-refractivity contribution >= 4 is 51.6 Å². The van der Waals surface area contributed by atoms with Crippen LogP contribution in [0.15, 0.2) is 29.6 Å². The van der Waals surface area contributed by atoms with Gasteiger partial charge in [0, 0.05) is 36.0 Å². The Morgan fingerprint density at radius 1 is 1.18 bits per heavy atom. The SMILES string of the molecule is CCNC(=O)n1c(NC(=O)c2csc(C)n2)cc2ccc(N(C)C(=O)C3CCCCC3)cc21. The van der Waals surface area contributed by atoms with E-state index in [2.05, 4.69) is 15.6 Å². The van der Waals surface area contributed by atoms with E-state index in [1.165, 1.54) is 22.3 Å². The molecule has 0 radical (unpaired) electrons. The smallest absolute Gasteiger partial charge is 0.327 e. The maximum Gasteiger partial charge on any atom is 0.327 e. The average Bonchev–Trinajstić information content (AvgIpc) is 3.41. The second-order valence-corrected chi connectivity index (χ2v) is 9.44. The zero-order chi connectivity index (χ0) is 23.5. The third-order valence-electron chi connectivity index (χ3n) is 6.08. The summed E-state index contributed by atoms with van der Waals surface area (Å²) < 4.78 is 1.44. The molecule has 0 bridgehead atoms. The van der Waals surface area contributed by atoms with Gasteiger partial charge in [-0.3, -0.25) is 9.59 Å². The van der Waals surface area contributed by atoms with Crippen LogP contribution in [0.5, 0.6) is 0 Å². The Morgan fingerprint density at radius 2 is 1.94 bits per heavy atom. The van der Waals surface area contributed by atoms with Crippen molar-refractivity contribution in [2.24, 2.45) is 5.92 Å². The van der Waals surface area contributed by atoms with Crippen LogP contribution in [-0.4, -0.2) is 41.0 Å². The summed E-state index contributed by atoms with van der Waals surface area (Å²) in [6.45, 7) is 4.11. The zero-order valence-electron chi connectivity index (χ0n) is 19.2. The third-order valence-corrected chi connectivity index (χ3v) is 6.86. The minimum atomic E-state index is -0.377. The Hall–Kier alpha value is -3.20. The molecule has 1 aromatic carbocycles. The number of carbonyl (C=O) groups is 3. The predicted molar refractivity (Wildman–Crippen MR) is 131 cm³/mol. The van der Waals surface area contributed by atoms with Gasteiger partial charge in [0.1, 0.15) is 11.5 Å². The Balaban J connectivity index is 1.69. The Kier molecular flexibility index (Phi) is 6.78. The van der Waals surface area contributed by atoms with Crippen molar-refractivity contribution in [1.29, 1.82) is 0 Å². The molecule has 8 nitrogen and oxygen atoms in total. The third kappa shape index (κ3) is 4.78. The molecule has 9 heteroatoms. The molecule has 2 N–H and O–H groups in total. The van der Waals surface area contributed by atoms with Crippen LogP contribution in [0, 0.1) is 12.8 Å². The highest BCUT2D eigenvalue weighted by molar-refractivity contribution is 7.09. The molecule has 1 saturated carbocycles. The quantitative estimate of drug-likeness (QED) is 0.564. The first-order chi connectivity index (χ1) is 15.9. The number of aromatic nitrogens is 2. The first kappa shape index (κ1) is 23.0. The van der Waals surface area contributed by atoms with Crippen LogP contribution in [0.2, 0.25) is 0 Å². The van der Waals surface area contributed by atoms with E-state index in [0.717, 1.165) is 41.8 Å². The molecule has 1 aliphatic rings. The van der Waals surface area contributed by atoms with E-state index >= 15 is 0 Å². The fraction of sp³-hybridized carbons (Fsp3) is 0.417. The lowest BCUT2D eigenvalue weighted by Gasteiger charge is -2.26. The summed E-state index contributed by atoms with van der Waals surface area (Å²) in [7, 11) is 1.78. The van der Waals surface area contributed by atoms with Crippen LogP contribution in [0.4, 0.5) is 16.3 Å². The van der Waals surface area contributed by atoms with Crippen LogP contribution < -0.4 is 15.5 Å². The molecule has 174 valence electrons. The Bertz CT molecular complexity index is 1190. The maximum absolute atomic E-state index is 13.0. The minimum Gasteiger partial charge on any atom is -0.338 e. The largest absolute Gasteiger partial charge is 0.338 e. The number of thiazole rings is 1. The lowest BCUT2D eigenvalue weighted by molar-refractivity contribution is -0.123. The number of anilines is 2. The molecule has 0 saturated heterocycles. The molecule has 0 unspecified atom stereocenters. The normalized spacial score (nSPS) is 14.3. The number of aryl methyl sites for hydroxylation is 1. The number of hydrogen-bond acceptors (Lipinski definition) is 5. The van der Waals surface area contributed by atoms with Gasteiger partial charge in [-0.05, 0) is 44.9 Å². The van der Waals surface area contributed by atoms with Gasteiger partial charge in [0.05, 0.1) is 10.5 Å².